The standard InChI is InChI=1S/C14H12BrClN2O3/c15-12-3-1-2-9(7-17)14(12)21-8-10-4-5-11(18(19)20)6-13(10)16/h1-6H,7-8,17H2. The number of nitrogens with two attached hydrogens (primary N) is 1. The molecule has 0 aliphatic heterocycles. The molecule has 2 rings (SSSR count). The molecule has 0 saturated heterocycles. The maximum atomic E-state index is 10.7. The summed E-state index contributed by atoms with van der Waals surface area (Å²) < 4.78 is 6.54. The molecule has 0 radical (unpaired) electrons. The zero-order valence-electron chi connectivity index (χ0n) is 10.9. The van der Waals surface area contributed by atoms with Gasteiger partial charge in [0.15, 0.2) is 0 Å². The number of ether oxygens (including phenoxy) is 1. The van der Waals surface area contributed by atoms with Crippen LogP contribution in [-0.4, -0.2) is 4.92 Å². The molecule has 0 saturated carbocycles. The third kappa shape index (κ3) is 3.72. The summed E-state index contributed by atoms with van der Waals surface area (Å²) in [5, 5.41) is 11.0. The van der Waals surface area contributed by atoms with Gasteiger partial charge in [0.05, 0.1) is 14.4 Å². The molecule has 0 fully saturated rings. The fourth-order valence-electron chi connectivity index (χ4n) is 1.79. The summed E-state index contributed by atoms with van der Waals surface area (Å²) in [6.07, 6.45) is 0. The number of non-ortho nitro benzene ring substituents is 1. The number of nitrogens with zero attached hydrogens (tertiary/aromatic N) is 1. The van der Waals surface area contributed by atoms with E-state index in [1.165, 1.54) is 12.1 Å². The van der Waals surface area contributed by atoms with Crippen LogP contribution >= 0.6 is 27.5 Å². The van der Waals surface area contributed by atoms with Crippen molar-refractivity contribution in [2.24, 2.45) is 5.73 Å². The van der Waals surface area contributed by atoms with Gasteiger partial charge in [-0.25, -0.2) is 0 Å². The SMILES string of the molecule is NCc1cccc(Br)c1OCc1ccc([N+](=O)[O-])cc1Cl. The maximum absolute atomic E-state index is 10.7. The van der Waals surface area contributed by atoms with Crippen LogP contribution in [0.2, 0.25) is 5.02 Å². The fourth-order valence-corrected chi connectivity index (χ4v) is 2.54. The zero-order chi connectivity index (χ0) is 15.4. The molecule has 0 aromatic heterocycles. The first-order chi connectivity index (χ1) is 10.0. The van der Waals surface area contributed by atoms with E-state index in [1.807, 2.05) is 18.2 Å². The summed E-state index contributed by atoms with van der Waals surface area (Å²) in [6, 6.07) is 9.89. The van der Waals surface area contributed by atoms with Crippen LogP contribution in [-0.2, 0) is 13.2 Å². The van der Waals surface area contributed by atoms with Gasteiger partial charge in [0.2, 0.25) is 0 Å². The first-order valence-corrected chi connectivity index (χ1v) is 7.23. The monoisotopic (exact) mass is 370 g/mol. The minimum Gasteiger partial charge on any atom is -0.487 e. The van der Waals surface area contributed by atoms with Gasteiger partial charge in [0.1, 0.15) is 12.4 Å². The van der Waals surface area contributed by atoms with Gasteiger partial charge in [0.25, 0.3) is 5.69 Å². The lowest BCUT2D eigenvalue weighted by Crippen LogP contribution is -2.04. The zero-order valence-corrected chi connectivity index (χ0v) is 13.2. The molecule has 5 nitrogen and oxygen atoms in total. The normalized spacial score (nSPS) is 10.4. The van der Waals surface area contributed by atoms with Crippen molar-refractivity contribution in [2.75, 3.05) is 0 Å². The molecular formula is C14H12BrClN2O3. The van der Waals surface area contributed by atoms with Crippen LogP contribution < -0.4 is 10.5 Å². The van der Waals surface area contributed by atoms with E-state index in [-0.39, 0.29) is 12.3 Å². The molecule has 2 aromatic carbocycles. The second-order valence-electron chi connectivity index (χ2n) is 4.25. The van der Waals surface area contributed by atoms with E-state index in [0.717, 1.165) is 10.0 Å². The highest BCUT2D eigenvalue weighted by molar-refractivity contribution is 9.10. The number of rotatable bonds is 5. The van der Waals surface area contributed by atoms with Crippen LogP contribution in [0, 0.1) is 10.1 Å². The Morgan fingerprint density at radius 1 is 1.29 bits per heavy atom. The summed E-state index contributed by atoms with van der Waals surface area (Å²) >= 11 is 9.44. The van der Waals surface area contributed by atoms with Gasteiger partial charge in [0, 0.05) is 29.8 Å². The van der Waals surface area contributed by atoms with E-state index >= 15 is 0 Å². The second kappa shape index (κ2) is 6.89. The first-order valence-electron chi connectivity index (χ1n) is 6.06. The molecule has 7 heteroatoms. The van der Waals surface area contributed by atoms with E-state index in [1.54, 1.807) is 6.07 Å². The lowest BCUT2D eigenvalue weighted by atomic mass is 10.2. The molecule has 0 unspecified atom stereocenters. The van der Waals surface area contributed by atoms with E-state index < -0.39 is 4.92 Å². The Bertz CT molecular complexity index is 679. The number of benzene rings is 2. The Balaban J connectivity index is 2.19. The van der Waals surface area contributed by atoms with Crippen LogP contribution in [0.5, 0.6) is 5.75 Å². The molecule has 110 valence electrons. The fraction of sp³-hybridized carbons (Fsp3) is 0.143. The van der Waals surface area contributed by atoms with Gasteiger partial charge in [-0.15, -0.1) is 0 Å². The van der Waals surface area contributed by atoms with Gasteiger partial charge in [-0.3, -0.25) is 10.1 Å². The molecule has 0 aliphatic rings. The highest BCUT2D eigenvalue weighted by Gasteiger charge is 2.12. The molecule has 2 aromatic rings. The summed E-state index contributed by atoms with van der Waals surface area (Å²) in [4.78, 5) is 10.2. The molecule has 0 heterocycles. The topological polar surface area (TPSA) is 78.4 Å². The second-order valence-corrected chi connectivity index (χ2v) is 5.52. The highest BCUT2D eigenvalue weighted by Crippen LogP contribution is 2.31. The van der Waals surface area contributed by atoms with Gasteiger partial charge in [-0.2, -0.15) is 0 Å². The van der Waals surface area contributed by atoms with E-state index in [4.69, 9.17) is 22.1 Å². The van der Waals surface area contributed by atoms with E-state index in [2.05, 4.69) is 15.9 Å². The van der Waals surface area contributed by atoms with E-state index in [9.17, 15) is 10.1 Å². The maximum Gasteiger partial charge on any atom is 0.270 e. The van der Waals surface area contributed by atoms with E-state index in [0.29, 0.717) is 22.9 Å². The largest absolute Gasteiger partial charge is 0.487 e. The Kier molecular flexibility index (Phi) is 5.17. The lowest BCUT2D eigenvalue weighted by Gasteiger charge is -2.13. The van der Waals surface area contributed by atoms with Crippen LogP contribution in [0.1, 0.15) is 11.1 Å². The van der Waals surface area contributed by atoms with Crippen LogP contribution in [0.15, 0.2) is 40.9 Å². The Labute approximate surface area is 134 Å². The molecular weight excluding hydrogens is 360 g/mol. The number of hydrogen-bond donors (Lipinski definition) is 1. The summed E-state index contributed by atoms with van der Waals surface area (Å²) in [7, 11) is 0. The number of nitro groups is 1. The molecule has 0 atom stereocenters. The smallest absolute Gasteiger partial charge is 0.270 e. The van der Waals surface area contributed by atoms with Crippen molar-refractivity contribution in [3.8, 4) is 5.75 Å². The van der Waals surface area contributed by atoms with Crippen LogP contribution in [0.4, 0.5) is 5.69 Å². The van der Waals surface area contributed by atoms with Crippen molar-refractivity contribution in [1.29, 1.82) is 0 Å². The molecule has 0 spiro atoms. The Morgan fingerprint density at radius 3 is 2.67 bits per heavy atom. The molecule has 0 bridgehead atoms. The van der Waals surface area contributed by atoms with Crippen molar-refractivity contribution in [1.82, 2.24) is 0 Å². The van der Waals surface area contributed by atoms with Gasteiger partial charge >= 0.3 is 0 Å². The summed E-state index contributed by atoms with van der Waals surface area (Å²) in [5.74, 6) is 0.648. The summed E-state index contributed by atoms with van der Waals surface area (Å²) in [5.41, 5.74) is 7.15. The van der Waals surface area contributed by atoms with Crippen LogP contribution in [0.25, 0.3) is 0 Å². The average Bonchev–Trinajstić information content (AvgIpc) is 2.46. The number of nitro benzene ring substituents is 1. The molecule has 0 aliphatic carbocycles. The third-order valence-corrected chi connectivity index (χ3v) is 3.86. The van der Waals surface area contributed by atoms with Crippen molar-refractivity contribution in [2.45, 2.75) is 13.2 Å². The average molecular weight is 372 g/mol. The van der Waals surface area contributed by atoms with Crippen molar-refractivity contribution >= 4 is 33.2 Å². The van der Waals surface area contributed by atoms with Gasteiger partial charge in [-0.05, 0) is 28.1 Å². The van der Waals surface area contributed by atoms with Crippen molar-refractivity contribution in [3.05, 3.63) is 67.1 Å². The van der Waals surface area contributed by atoms with Crippen molar-refractivity contribution < 1.29 is 9.66 Å². The number of para-hydroxylation sites is 1. The molecule has 2 N–H and O–H groups in total. The number of halogens is 2. The minimum absolute atomic E-state index is 0.0488. The highest BCUT2D eigenvalue weighted by atomic mass is 79.9. The third-order valence-electron chi connectivity index (χ3n) is 2.89. The Morgan fingerprint density at radius 2 is 2.05 bits per heavy atom. The van der Waals surface area contributed by atoms with Gasteiger partial charge in [-0.1, -0.05) is 23.7 Å². The first kappa shape index (κ1) is 15.8. The number of hydrogen-bond acceptors (Lipinski definition) is 4. The van der Waals surface area contributed by atoms with Crippen LogP contribution in [0.3, 0.4) is 0 Å². The summed E-state index contributed by atoms with van der Waals surface area (Å²) in [6.45, 7) is 0.551. The molecule has 0 amide bonds. The molecule has 21 heavy (non-hydrogen) atoms. The predicted molar refractivity (Wildman–Crippen MR) is 84.5 cm³/mol. The minimum atomic E-state index is -0.489. The Hall–Kier alpha value is -1.63. The predicted octanol–water partition coefficient (Wildman–Crippen LogP) is 4.05. The quantitative estimate of drug-likeness (QED) is 0.635. The van der Waals surface area contributed by atoms with Gasteiger partial charge < -0.3 is 10.5 Å². The van der Waals surface area contributed by atoms with Crippen molar-refractivity contribution in [3.63, 3.8) is 0 Å². The lowest BCUT2D eigenvalue weighted by molar-refractivity contribution is -0.384.